The van der Waals surface area contributed by atoms with E-state index < -0.39 is 21.8 Å². The van der Waals surface area contributed by atoms with Gasteiger partial charge in [0.2, 0.25) is 10.0 Å². The number of piperidine rings is 1. The molecule has 1 heterocycles. The van der Waals surface area contributed by atoms with Crippen LogP contribution in [-0.4, -0.2) is 31.5 Å². The third-order valence-electron chi connectivity index (χ3n) is 4.64. The minimum atomic E-state index is -4.60. The Morgan fingerprint density at radius 3 is 2.34 bits per heavy atom. The van der Waals surface area contributed by atoms with Crippen LogP contribution in [0.4, 0.5) is 13.2 Å². The van der Waals surface area contributed by atoms with Gasteiger partial charge in [-0.25, -0.2) is 8.42 Å². The fraction of sp³-hybridized carbons (Fsp3) is 0.350. The Bertz CT molecular complexity index is 977. The highest BCUT2D eigenvalue weighted by Gasteiger charge is 2.33. The Labute approximate surface area is 167 Å². The van der Waals surface area contributed by atoms with Crippen molar-refractivity contribution in [1.82, 2.24) is 4.31 Å². The Morgan fingerprint density at radius 2 is 1.72 bits per heavy atom. The van der Waals surface area contributed by atoms with Crippen LogP contribution in [0.5, 0.6) is 0 Å². The first-order valence-corrected chi connectivity index (χ1v) is 10.5. The maximum Gasteiger partial charge on any atom is 0.416 e. The first-order chi connectivity index (χ1) is 13.7. The molecule has 0 unspecified atom stereocenters. The second kappa shape index (κ2) is 8.54. The number of halogens is 3. The van der Waals surface area contributed by atoms with E-state index in [2.05, 4.69) is 5.16 Å². The fourth-order valence-electron chi connectivity index (χ4n) is 2.94. The van der Waals surface area contributed by atoms with Crippen molar-refractivity contribution < 1.29 is 26.4 Å². The Kier molecular flexibility index (Phi) is 6.28. The highest BCUT2D eigenvalue weighted by molar-refractivity contribution is 7.89. The summed E-state index contributed by atoms with van der Waals surface area (Å²) in [4.78, 5) is 4.99. The molecule has 9 heteroatoms. The van der Waals surface area contributed by atoms with Crippen molar-refractivity contribution in [3.05, 3.63) is 65.2 Å². The summed E-state index contributed by atoms with van der Waals surface area (Å²) in [5.41, 5.74) is 1.87. The van der Waals surface area contributed by atoms with Crippen LogP contribution in [0.1, 0.15) is 29.5 Å². The largest absolute Gasteiger partial charge is 0.416 e. The first kappa shape index (κ1) is 21.3. The zero-order chi connectivity index (χ0) is 21.1. The van der Waals surface area contributed by atoms with Crippen LogP contribution in [0.25, 0.3) is 0 Å². The third kappa shape index (κ3) is 5.36. The summed E-state index contributed by atoms with van der Waals surface area (Å²) < 4.78 is 65.2. The zero-order valence-corrected chi connectivity index (χ0v) is 16.6. The maximum absolute atomic E-state index is 12.9. The van der Waals surface area contributed by atoms with E-state index in [0.717, 1.165) is 29.0 Å². The van der Waals surface area contributed by atoms with Gasteiger partial charge in [-0.15, -0.1) is 0 Å². The van der Waals surface area contributed by atoms with Crippen LogP contribution in [0.2, 0.25) is 0 Å². The molecule has 156 valence electrons. The summed E-state index contributed by atoms with van der Waals surface area (Å²) in [5, 5.41) is 4.08. The van der Waals surface area contributed by atoms with Crippen LogP contribution in [0.15, 0.2) is 58.6 Å². The van der Waals surface area contributed by atoms with Gasteiger partial charge in [0.05, 0.1) is 16.2 Å². The number of benzene rings is 2. The summed E-state index contributed by atoms with van der Waals surface area (Å²) in [6, 6.07) is 11.6. The van der Waals surface area contributed by atoms with E-state index in [1.54, 1.807) is 0 Å². The van der Waals surface area contributed by atoms with Crippen molar-refractivity contribution in [2.75, 3.05) is 13.1 Å². The molecule has 0 atom stereocenters. The molecule has 0 bridgehead atoms. The Balaban J connectivity index is 1.60. The van der Waals surface area contributed by atoms with E-state index in [1.807, 2.05) is 31.2 Å². The van der Waals surface area contributed by atoms with Crippen LogP contribution in [0, 0.1) is 6.92 Å². The summed E-state index contributed by atoms with van der Waals surface area (Å²) in [5.74, 6) is 0. The molecule has 0 N–H and O–H groups in total. The topological polar surface area (TPSA) is 59.0 Å². The van der Waals surface area contributed by atoms with Gasteiger partial charge in [0.15, 0.2) is 0 Å². The average molecular weight is 426 g/mol. The van der Waals surface area contributed by atoms with E-state index in [-0.39, 0.29) is 18.0 Å². The van der Waals surface area contributed by atoms with Crippen molar-refractivity contribution in [1.29, 1.82) is 0 Å². The summed E-state index contributed by atoms with van der Waals surface area (Å²) in [7, 11) is -4.00. The molecule has 0 saturated carbocycles. The molecule has 1 aliphatic heterocycles. The zero-order valence-electron chi connectivity index (χ0n) is 15.8. The lowest BCUT2D eigenvalue weighted by Crippen LogP contribution is -2.38. The van der Waals surface area contributed by atoms with Gasteiger partial charge in [-0.1, -0.05) is 41.1 Å². The molecule has 3 rings (SSSR count). The van der Waals surface area contributed by atoms with E-state index in [9.17, 15) is 21.6 Å². The highest BCUT2D eigenvalue weighted by atomic mass is 32.2. The van der Waals surface area contributed by atoms with Crippen molar-refractivity contribution in [3.63, 3.8) is 0 Å². The molecule has 1 saturated heterocycles. The summed E-state index contributed by atoms with van der Waals surface area (Å²) >= 11 is 0. The van der Waals surface area contributed by atoms with Crippen molar-refractivity contribution in [2.45, 2.75) is 37.4 Å². The smallest absolute Gasteiger partial charge is 0.391 e. The van der Waals surface area contributed by atoms with Gasteiger partial charge in [-0.3, -0.25) is 0 Å². The van der Waals surface area contributed by atoms with Crippen molar-refractivity contribution in [3.8, 4) is 0 Å². The Hall–Kier alpha value is -2.39. The predicted octanol–water partition coefficient (Wildman–Crippen LogP) is 4.37. The number of hydrogen-bond acceptors (Lipinski definition) is 4. The Morgan fingerprint density at radius 1 is 1.07 bits per heavy atom. The van der Waals surface area contributed by atoms with Gasteiger partial charge in [0.25, 0.3) is 0 Å². The average Bonchev–Trinajstić information content (AvgIpc) is 2.69. The van der Waals surface area contributed by atoms with Gasteiger partial charge in [-0.05, 0) is 30.7 Å². The van der Waals surface area contributed by atoms with Gasteiger partial charge in [0.1, 0.15) is 6.61 Å². The lowest BCUT2D eigenvalue weighted by atomic mass is 10.1. The minimum absolute atomic E-state index is 0.144. The number of alkyl halides is 3. The maximum atomic E-state index is 12.9. The van der Waals surface area contributed by atoms with Crippen LogP contribution >= 0.6 is 0 Å². The van der Waals surface area contributed by atoms with E-state index in [0.29, 0.717) is 25.5 Å². The number of sulfonamides is 1. The molecule has 1 fully saturated rings. The van der Waals surface area contributed by atoms with Crippen LogP contribution in [-0.2, 0) is 27.6 Å². The number of rotatable bonds is 5. The second-order valence-electron chi connectivity index (χ2n) is 6.85. The van der Waals surface area contributed by atoms with E-state index in [4.69, 9.17) is 4.84 Å². The van der Waals surface area contributed by atoms with Crippen molar-refractivity contribution in [2.24, 2.45) is 5.16 Å². The number of nitrogens with zero attached hydrogens (tertiary/aromatic N) is 2. The molecule has 0 spiro atoms. The van der Waals surface area contributed by atoms with E-state index >= 15 is 0 Å². The lowest BCUT2D eigenvalue weighted by molar-refractivity contribution is -0.137. The molecule has 0 amide bonds. The van der Waals surface area contributed by atoms with E-state index in [1.165, 1.54) is 10.4 Å². The standard InChI is InChI=1S/C20H21F3N2O3S/c1-15-5-7-16(8-6-15)14-28-24-18-9-11-25(12-10-18)29(26,27)19-4-2-3-17(13-19)20(21,22)23/h2-8,13H,9-12,14H2,1H3. The SMILES string of the molecule is Cc1ccc(CON=C2CCN(S(=O)(=O)c3cccc(C(F)(F)F)c3)CC2)cc1. The normalized spacial score (nSPS) is 15.9. The number of hydrogen-bond donors (Lipinski definition) is 0. The second-order valence-corrected chi connectivity index (χ2v) is 8.78. The van der Waals surface area contributed by atoms with Crippen LogP contribution < -0.4 is 0 Å². The van der Waals surface area contributed by atoms with Crippen molar-refractivity contribution >= 4 is 15.7 Å². The molecule has 0 aliphatic carbocycles. The number of aryl methyl sites for hydroxylation is 1. The molecule has 0 aromatic heterocycles. The molecular formula is C20H21F3N2O3S. The predicted molar refractivity (Wildman–Crippen MR) is 103 cm³/mol. The third-order valence-corrected chi connectivity index (χ3v) is 6.54. The van der Waals surface area contributed by atoms with Crippen LogP contribution in [0.3, 0.4) is 0 Å². The molecule has 2 aromatic carbocycles. The molecular weight excluding hydrogens is 405 g/mol. The highest BCUT2D eigenvalue weighted by Crippen LogP contribution is 2.31. The summed E-state index contributed by atoms with van der Waals surface area (Å²) in [6.45, 7) is 2.60. The molecule has 2 aromatic rings. The minimum Gasteiger partial charge on any atom is -0.391 e. The van der Waals surface area contributed by atoms with Gasteiger partial charge >= 0.3 is 6.18 Å². The summed E-state index contributed by atoms with van der Waals surface area (Å²) in [6.07, 6.45) is -3.86. The first-order valence-electron chi connectivity index (χ1n) is 9.07. The van der Waals surface area contributed by atoms with Gasteiger partial charge in [-0.2, -0.15) is 17.5 Å². The molecule has 0 radical (unpaired) electrons. The van der Waals surface area contributed by atoms with Gasteiger partial charge in [0, 0.05) is 25.9 Å². The molecule has 5 nitrogen and oxygen atoms in total. The number of oxime groups is 1. The fourth-order valence-corrected chi connectivity index (χ4v) is 4.43. The lowest BCUT2D eigenvalue weighted by Gasteiger charge is -2.26. The quantitative estimate of drug-likeness (QED) is 0.667. The molecule has 1 aliphatic rings. The molecule has 29 heavy (non-hydrogen) atoms. The van der Waals surface area contributed by atoms with Gasteiger partial charge < -0.3 is 4.84 Å². The monoisotopic (exact) mass is 426 g/mol.